The number of fused-ring (bicyclic) bond motifs is 3. The Balaban J connectivity index is 0.000000195. The number of amides is 6. The first-order chi connectivity index (χ1) is 57.7. The maximum absolute atomic E-state index is 13.4. The predicted octanol–water partition coefficient (Wildman–Crippen LogP) is -6.57. The van der Waals surface area contributed by atoms with Crippen LogP contribution in [0.15, 0.2) is 154 Å². The zero-order valence-corrected chi connectivity index (χ0v) is 72.7. The number of carbonyl (C=O) groups is 14. The molecule has 9 heterocycles. The molecule has 0 bridgehead atoms. The van der Waals surface area contributed by atoms with E-state index in [1.54, 1.807) is 38.1 Å². The van der Waals surface area contributed by atoms with Gasteiger partial charge < -0.3 is 119 Å². The minimum absolute atomic E-state index is 0. The number of nitrogens with zero attached hydrogens (tertiary/aromatic N) is 5. The van der Waals surface area contributed by atoms with Crippen molar-refractivity contribution >= 4 is 148 Å². The van der Waals surface area contributed by atoms with Crippen LogP contribution in [0.2, 0.25) is 0 Å². The van der Waals surface area contributed by atoms with Gasteiger partial charge >= 0.3 is 59.4 Å². The Morgan fingerprint density at radius 2 is 0.887 bits per heavy atom. The molecule has 9 aliphatic heterocycles. The molecular formula is C81H84ClN11NaO27S3-. The number of non-ortho nitro benzene ring substituents is 2. The second-order valence-electron chi connectivity index (χ2n) is 30.5. The molecule has 6 fully saturated rings. The number of quaternary nitrogens is 2. The number of hydrogen-bond acceptors (Lipinski definition) is 30. The minimum Gasteiger partial charge on any atom is -1.00 e. The van der Waals surface area contributed by atoms with Gasteiger partial charge in [-0.1, -0.05) is 51.1 Å². The number of nitro groups is 2. The molecule has 0 aromatic heterocycles. The number of aliphatic hydroxyl groups excluding tert-OH is 3. The molecule has 6 amide bonds. The van der Waals surface area contributed by atoms with Crippen LogP contribution in [0.1, 0.15) is 120 Å². The number of rotatable bonds is 23. The van der Waals surface area contributed by atoms with Crippen LogP contribution < -0.4 is 89.2 Å². The molecule has 0 saturated carbocycles. The van der Waals surface area contributed by atoms with Gasteiger partial charge in [-0.05, 0) is 118 Å². The number of carbonyl (C=O) groups excluding carboxylic acids is 13. The van der Waals surface area contributed by atoms with E-state index in [4.69, 9.17) is 14.6 Å². The van der Waals surface area contributed by atoms with Crippen LogP contribution in [-0.4, -0.2) is 218 Å². The van der Waals surface area contributed by atoms with Crippen molar-refractivity contribution in [2.24, 2.45) is 35.5 Å². The maximum Gasteiger partial charge on any atom is 1.00 e. The number of aromatic carboxylic acids is 3. The number of thioether (sulfide) groups is 2. The topological polar surface area (TPSA) is 585 Å². The Hall–Kier alpha value is -10.8. The predicted molar refractivity (Wildman–Crippen MR) is 427 cm³/mol. The summed E-state index contributed by atoms with van der Waals surface area (Å²) in [4.78, 5) is 196. The van der Waals surface area contributed by atoms with Crippen LogP contribution in [-0.2, 0) is 52.6 Å². The number of aliphatic hydroxyl groups is 3. The summed E-state index contributed by atoms with van der Waals surface area (Å²) in [6.45, 7) is 13.5. The molecular weight excluding hydrogens is 1710 g/mol. The fourth-order valence-electron chi connectivity index (χ4n) is 16.3. The largest absolute Gasteiger partial charge is 1.00 e. The summed E-state index contributed by atoms with van der Waals surface area (Å²) in [5, 5.41) is 109. The number of anilines is 3. The smallest absolute Gasteiger partial charge is 1.00 e. The number of hydrogen-bond donors (Lipinski definition) is 11. The van der Waals surface area contributed by atoms with Crippen LogP contribution in [0.25, 0.3) is 0 Å². The number of benzene rings is 5. The maximum atomic E-state index is 13.4. The van der Waals surface area contributed by atoms with E-state index in [0.29, 0.717) is 52.7 Å². The zero-order chi connectivity index (χ0) is 89.1. The first-order valence-corrected chi connectivity index (χ1v) is 40.7. The van der Waals surface area contributed by atoms with Crippen LogP contribution >= 0.6 is 36.2 Å². The van der Waals surface area contributed by atoms with Crippen LogP contribution in [0, 0.1) is 55.7 Å². The number of β-lactam (4-membered cyclic amide) rings is 3. The number of carboxylic acids is 4. The van der Waals surface area contributed by atoms with Crippen molar-refractivity contribution in [3.63, 3.8) is 0 Å². The molecule has 12 N–H and O–H groups in total. The van der Waals surface area contributed by atoms with E-state index in [1.165, 1.54) is 120 Å². The van der Waals surface area contributed by atoms with Crippen LogP contribution in [0.4, 0.5) is 28.4 Å². The summed E-state index contributed by atoms with van der Waals surface area (Å²) >= 11 is 6.94. The van der Waals surface area contributed by atoms with Gasteiger partial charge in [0, 0.05) is 93.5 Å². The van der Waals surface area contributed by atoms with E-state index < -0.39 is 141 Å². The van der Waals surface area contributed by atoms with Gasteiger partial charge in [0.05, 0.1) is 134 Å². The molecule has 0 unspecified atom stereocenters. The average molecular weight is 1800 g/mol. The van der Waals surface area contributed by atoms with E-state index in [-0.39, 0.29) is 161 Å². The Bertz CT molecular complexity index is 5230. The molecule has 5 aromatic carbocycles. The first-order valence-electron chi connectivity index (χ1n) is 38.4. The molecule has 9 aliphatic rings. The minimum atomic E-state index is -1.42. The fourth-order valence-corrected chi connectivity index (χ4v) is 19.6. The Labute approximate surface area is 748 Å². The number of thiol groups is 1. The van der Waals surface area contributed by atoms with Crippen molar-refractivity contribution in [2.75, 3.05) is 35.6 Å². The van der Waals surface area contributed by atoms with E-state index in [9.17, 15) is 118 Å². The number of ether oxygens (including phenoxy) is 2. The molecule has 0 aliphatic carbocycles. The third-order valence-corrected chi connectivity index (χ3v) is 26.0. The van der Waals surface area contributed by atoms with Gasteiger partial charge in [-0.3, -0.25) is 49.0 Å². The monoisotopic (exact) mass is 1800 g/mol. The molecule has 43 heteroatoms. The number of aliphatic carboxylic acids is 1. The fraction of sp³-hybridized carbons (Fsp3) is 0.383. The standard InChI is InChI=1S/C29H28N4O10S.C22H25N3O7S.C18H18N2O7.C12H14N2O3S.ClH.Na/c1-13-22-21(14(2)34)26(36)32(22)23(29(40)43-28(39)15-6-8-18(9-7-15)33(41)42)24(13)44-19-11-20(30-12-19)25(35)31-17-5-3-4-16(10-17)27(37)38;1-9-16-15(10(2)26)20(28)25(16)17(22(31)32)18(9)33-13-7-14(23-8-13)19(27)24-12-5-3-4-11(6-12)21(29)30;1-8-9(2)15(19-14(8)13(10(3)21)16(19)22)18(24)27-17(23)11-4-6-12(7-5-11)20(25)26;15-11(10-5-9(18)6-13-10)14-8-3-1-2-7(4-8)12(16)17;;/h3-10,13-14,19-22,30,34H,11-12H2,1-2H3,(H,31,35)(H,37,38);3-6,9-10,13-16,23,26H,7-8H2,1-2H3,(H,24,27)(H,29,30)(H,31,32);4-8,10,13-14,21H,1-3H3;1-4,9-10,13,18H,5-6H2,(H,14,15)(H,16,17);1H;/q;;;;;+1/p-2/t13-,14-,19+,20+,21-,22-;9-,10-,13+,14+,15-,16-;8-,10+,13+,14+;9-,10-;;/m1100../s1. The quantitative estimate of drug-likeness (QED) is 0.00551. The van der Waals surface area contributed by atoms with Gasteiger partial charge in [0.1, 0.15) is 11.4 Å². The van der Waals surface area contributed by atoms with Crippen LogP contribution in [0.5, 0.6) is 0 Å². The molecule has 38 nitrogen and oxygen atoms in total. The molecule has 0 radical (unpaired) electrons. The van der Waals surface area contributed by atoms with Gasteiger partial charge in [-0.15, -0.1) is 23.5 Å². The number of halogens is 1. The summed E-state index contributed by atoms with van der Waals surface area (Å²) in [7, 11) is 0. The summed E-state index contributed by atoms with van der Waals surface area (Å²) in [6, 6.07) is 24.3. The molecule has 14 rings (SSSR count). The third kappa shape index (κ3) is 20.9. The second-order valence-corrected chi connectivity index (χ2v) is 33.9. The van der Waals surface area contributed by atoms with Gasteiger partial charge in [-0.2, -0.15) is 12.6 Å². The molecule has 652 valence electrons. The van der Waals surface area contributed by atoms with Crippen molar-refractivity contribution in [2.45, 2.75) is 138 Å². The SMILES string of the molecule is CC1=C(C(=O)OC(=O)c2ccc([N+](=O)[O-])cc2)N2C(=O)[C@H]([C@@H](C)O)[C@H]2[C@H]1C.C[C@@H](O)[C@H]1C(=O)N2C(C(=O)OC(=O)c3ccc([N+](=O)[O-])cc3)=C(S[C@@H]3CN[C@H](C(=O)Nc4cccc(C(=O)[O-])c4)C3)[C@H](C)[C@H]12.C[C@@H](O)[C@H]1C(=O)N2C(C(=O)[O-])=C(S[C@@H]3C[NH2+][C@H](C(=O)Nc4cccc(C(=O)[O-])c4)C3)[C@H](C)[C@H]12.O=C(O)c1cccc(NC(=O)[C@@H]2C[C@H](S)C[NH2+]2)c1.[Cl-].[Na+]. The zero-order valence-electron chi connectivity index (χ0n) is 67.4. The van der Waals surface area contributed by atoms with E-state index in [2.05, 4.69) is 33.9 Å². The van der Waals surface area contributed by atoms with Crippen molar-refractivity contribution < 1.29 is 175 Å². The van der Waals surface area contributed by atoms with Gasteiger partial charge in [0.25, 0.3) is 23.2 Å². The second kappa shape index (κ2) is 40.9. The van der Waals surface area contributed by atoms with Gasteiger partial charge in [0.2, 0.25) is 23.6 Å². The number of esters is 4. The van der Waals surface area contributed by atoms with Gasteiger partial charge in [0.15, 0.2) is 12.1 Å². The van der Waals surface area contributed by atoms with Crippen molar-refractivity contribution in [1.29, 1.82) is 0 Å². The summed E-state index contributed by atoms with van der Waals surface area (Å²) in [5.74, 6) is -14.0. The molecule has 5 aromatic rings. The number of nitrogens with one attached hydrogen (secondary N) is 4. The Kier molecular flexibility index (Phi) is 32.0. The van der Waals surface area contributed by atoms with Crippen molar-refractivity contribution in [3.8, 4) is 0 Å². The Morgan fingerprint density at radius 3 is 1.30 bits per heavy atom. The molecule has 0 spiro atoms. The molecule has 124 heavy (non-hydrogen) atoms. The van der Waals surface area contributed by atoms with Gasteiger partial charge in [-0.25, -0.2) is 24.0 Å². The number of nitro benzene ring substituents is 2. The van der Waals surface area contributed by atoms with E-state index in [0.717, 1.165) is 49.4 Å². The molecule has 18 atom stereocenters. The van der Waals surface area contributed by atoms with E-state index in [1.807, 2.05) is 24.5 Å². The number of nitrogens with two attached hydrogens (primary N) is 2. The van der Waals surface area contributed by atoms with Crippen molar-refractivity contribution in [3.05, 3.63) is 202 Å². The summed E-state index contributed by atoms with van der Waals surface area (Å²) in [5.41, 5.74) is 1.00. The molecule has 6 saturated heterocycles. The average Bonchev–Trinajstić information content (AvgIpc) is 1.57. The first kappa shape index (κ1) is 97.0. The Morgan fingerprint density at radius 1 is 0.508 bits per heavy atom. The summed E-state index contributed by atoms with van der Waals surface area (Å²) in [6.07, 6.45) is -1.18. The third-order valence-electron chi connectivity index (χ3n) is 22.5. The van der Waals surface area contributed by atoms with Crippen molar-refractivity contribution in [1.82, 2.24) is 20.0 Å². The van der Waals surface area contributed by atoms with Crippen LogP contribution in [0.3, 0.4) is 0 Å². The summed E-state index contributed by atoms with van der Waals surface area (Å²) < 4.78 is 9.99. The number of carboxylic acid groups (broad SMARTS) is 4. The van der Waals surface area contributed by atoms with E-state index >= 15 is 0 Å². The normalized spacial score (nSPS) is 25.4.